The topological polar surface area (TPSA) is 32.3 Å². The molecule has 0 bridgehead atoms. The van der Waals surface area contributed by atoms with Crippen LogP contribution in [0.4, 0.5) is 0 Å². The molecule has 0 saturated heterocycles. The summed E-state index contributed by atoms with van der Waals surface area (Å²) in [6.07, 6.45) is 2.05. The summed E-state index contributed by atoms with van der Waals surface area (Å²) in [7, 11) is 0. The zero-order valence-corrected chi connectivity index (χ0v) is 12.6. The molecule has 0 aliphatic heterocycles. The lowest BCUT2D eigenvalue weighted by atomic mass is 10.0. The number of aliphatic hydroxyl groups excluding tert-OH is 1. The van der Waals surface area contributed by atoms with E-state index in [-0.39, 0.29) is 11.9 Å². The van der Waals surface area contributed by atoms with Gasteiger partial charge in [-0.2, -0.15) is 11.8 Å². The predicted molar refractivity (Wildman–Crippen MR) is 78.9 cm³/mol. The Kier molecular flexibility index (Phi) is 6.55. The van der Waals surface area contributed by atoms with Gasteiger partial charge in [-0.25, -0.2) is 0 Å². The second-order valence-electron chi connectivity index (χ2n) is 4.65. The van der Waals surface area contributed by atoms with Crippen molar-refractivity contribution in [2.45, 2.75) is 38.1 Å². The van der Waals surface area contributed by atoms with E-state index < -0.39 is 0 Å². The molecular weight excluding hydrogens is 250 g/mol. The Balaban J connectivity index is 2.68. The van der Waals surface area contributed by atoms with E-state index in [1.54, 1.807) is 23.1 Å². The molecule has 17 heavy (non-hydrogen) atoms. The molecule has 0 aromatic carbocycles. The summed E-state index contributed by atoms with van der Waals surface area (Å²) in [6.45, 7) is 6.85. The predicted octanol–water partition coefficient (Wildman–Crippen LogP) is 3.15. The number of aliphatic hydroxyl groups is 1. The van der Waals surface area contributed by atoms with Gasteiger partial charge in [0.1, 0.15) is 0 Å². The first-order valence-electron chi connectivity index (χ1n) is 6.03. The number of rotatable bonds is 7. The molecule has 0 saturated carbocycles. The third-order valence-electron chi connectivity index (χ3n) is 3.00. The van der Waals surface area contributed by atoms with Crippen molar-refractivity contribution in [2.24, 2.45) is 5.92 Å². The lowest BCUT2D eigenvalue weighted by Crippen LogP contribution is -2.41. The standard InChI is InChI=1S/C13H23NOS2/c1-9(2)13(11-6-5-7-17-11)14-10(3)12(8-15)16-4/h5-7,9-10,12-15H,8H2,1-4H3. The van der Waals surface area contributed by atoms with Crippen LogP contribution < -0.4 is 5.32 Å². The van der Waals surface area contributed by atoms with Crippen LogP contribution in [0.1, 0.15) is 31.7 Å². The molecule has 2 N–H and O–H groups in total. The quantitative estimate of drug-likeness (QED) is 0.800. The number of nitrogens with one attached hydrogen (secondary N) is 1. The fraction of sp³-hybridized carbons (Fsp3) is 0.692. The molecule has 1 aromatic rings. The summed E-state index contributed by atoms with van der Waals surface area (Å²) in [6, 6.07) is 4.97. The van der Waals surface area contributed by atoms with Crippen molar-refractivity contribution in [1.82, 2.24) is 5.32 Å². The lowest BCUT2D eigenvalue weighted by Gasteiger charge is -2.29. The molecule has 3 atom stereocenters. The normalized spacial score (nSPS) is 17.1. The Labute approximate surface area is 113 Å². The molecule has 0 aliphatic rings. The summed E-state index contributed by atoms with van der Waals surface area (Å²) in [5.74, 6) is 0.553. The highest BCUT2D eigenvalue weighted by molar-refractivity contribution is 7.99. The van der Waals surface area contributed by atoms with Gasteiger partial charge < -0.3 is 10.4 Å². The van der Waals surface area contributed by atoms with E-state index in [9.17, 15) is 5.11 Å². The van der Waals surface area contributed by atoms with Crippen LogP contribution in [0.5, 0.6) is 0 Å². The van der Waals surface area contributed by atoms with E-state index in [2.05, 4.69) is 49.9 Å². The van der Waals surface area contributed by atoms with E-state index in [0.717, 1.165) is 0 Å². The number of hydrogen-bond acceptors (Lipinski definition) is 4. The van der Waals surface area contributed by atoms with Crippen molar-refractivity contribution in [3.05, 3.63) is 22.4 Å². The van der Waals surface area contributed by atoms with Gasteiger partial charge in [0.05, 0.1) is 6.61 Å². The summed E-state index contributed by atoms with van der Waals surface area (Å²) in [5, 5.41) is 15.4. The summed E-state index contributed by atoms with van der Waals surface area (Å²) in [5.41, 5.74) is 0. The molecular formula is C13H23NOS2. The first-order valence-corrected chi connectivity index (χ1v) is 8.20. The van der Waals surface area contributed by atoms with Gasteiger partial charge in [-0.3, -0.25) is 0 Å². The minimum atomic E-state index is 0.227. The zero-order chi connectivity index (χ0) is 12.8. The average Bonchev–Trinajstić information content (AvgIpc) is 2.80. The zero-order valence-electron chi connectivity index (χ0n) is 11.0. The van der Waals surface area contributed by atoms with E-state index >= 15 is 0 Å². The van der Waals surface area contributed by atoms with Gasteiger partial charge in [0, 0.05) is 22.2 Å². The molecule has 0 spiro atoms. The fourth-order valence-corrected chi connectivity index (χ4v) is 3.49. The van der Waals surface area contributed by atoms with Crippen LogP contribution in [0.3, 0.4) is 0 Å². The number of thiophene rings is 1. The van der Waals surface area contributed by atoms with Gasteiger partial charge in [0.2, 0.25) is 0 Å². The maximum atomic E-state index is 9.32. The molecule has 0 aliphatic carbocycles. The third-order valence-corrected chi connectivity index (χ3v) is 5.12. The van der Waals surface area contributed by atoms with E-state index in [4.69, 9.17) is 0 Å². The molecule has 1 heterocycles. The molecule has 0 fully saturated rings. The highest BCUT2D eigenvalue weighted by Gasteiger charge is 2.22. The molecule has 0 radical (unpaired) electrons. The summed E-state index contributed by atoms with van der Waals surface area (Å²) in [4.78, 5) is 1.38. The molecule has 3 unspecified atom stereocenters. The largest absolute Gasteiger partial charge is 0.395 e. The Morgan fingerprint density at radius 3 is 2.53 bits per heavy atom. The maximum Gasteiger partial charge on any atom is 0.0564 e. The second kappa shape index (κ2) is 7.41. The highest BCUT2D eigenvalue weighted by atomic mass is 32.2. The molecule has 1 rings (SSSR count). The van der Waals surface area contributed by atoms with Crippen molar-refractivity contribution in [3.8, 4) is 0 Å². The SMILES string of the molecule is CSC(CO)C(C)NC(c1cccs1)C(C)C. The van der Waals surface area contributed by atoms with Gasteiger partial charge in [-0.1, -0.05) is 19.9 Å². The Hall–Kier alpha value is -0.0300. The van der Waals surface area contributed by atoms with Crippen molar-refractivity contribution >= 4 is 23.1 Å². The lowest BCUT2D eigenvalue weighted by molar-refractivity contribution is 0.263. The first-order chi connectivity index (χ1) is 8.10. The third kappa shape index (κ3) is 4.28. The number of hydrogen-bond donors (Lipinski definition) is 2. The monoisotopic (exact) mass is 273 g/mol. The van der Waals surface area contributed by atoms with Gasteiger partial charge in [-0.05, 0) is 30.5 Å². The van der Waals surface area contributed by atoms with Crippen LogP contribution in [-0.4, -0.2) is 29.3 Å². The van der Waals surface area contributed by atoms with E-state index in [1.807, 2.05) is 0 Å². The molecule has 1 aromatic heterocycles. The molecule has 0 amide bonds. The van der Waals surface area contributed by atoms with E-state index in [1.165, 1.54) is 4.88 Å². The van der Waals surface area contributed by atoms with Crippen LogP contribution in [0.2, 0.25) is 0 Å². The second-order valence-corrected chi connectivity index (χ2v) is 6.71. The number of thioether (sulfide) groups is 1. The fourth-order valence-electron chi connectivity index (χ4n) is 1.90. The minimum Gasteiger partial charge on any atom is -0.395 e. The molecule has 4 heteroatoms. The van der Waals surface area contributed by atoms with Crippen molar-refractivity contribution in [3.63, 3.8) is 0 Å². The van der Waals surface area contributed by atoms with Crippen molar-refractivity contribution in [2.75, 3.05) is 12.9 Å². The van der Waals surface area contributed by atoms with Gasteiger partial charge >= 0.3 is 0 Å². The average molecular weight is 273 g/mol. The molecule has 2 nitrogen and oxygen atoms in total. The van der Waals surface area contributed by atoms with Crippen LogP contribution in [-0.2, 0) is 0 Å². The van der Waals surface area contributed by atoms with Gasteiger partial charge in [-0.15, -0.1) is 11.3 Å². The Morgan fingerprint density at radius 2 is 2.12 bits per heavy atom. The summed E-state index contributed by atoms with van der Waals surface area (Å²) < 4.78 is 0. The van der Waals surface area contributed by atoms with E-state index in [0.29, 0.717) is 18.0 Å². The van der Waals surface area contributed by atoms with Crippen LogP contribution >= 0.6 is 23.1 Å². The first kappa shape index (κ1) is 15.0. The van der Waals surface area contributed by atoms with Crippen LogP contribution in [0, 0.1) is 5.92 Å². The summed E-state index contributed by atoms with van der Waals surface area (Å²) >= 11 is 3.52. The smallest absolute Gasteiger partial charge is 0.0564 e. The highest BCUT2D eigenvalue weighted by Crippen LogP contribution is 2.27. The minimum absolute atomic E-state index is 0.227. The Morgan fingerprint density at radius 1 is 1.41 bits per heavy atom. The Bertz CT molecular complexity index is 296. The van der Waals surface area contributed by atoms with Gasteiger partial charge in [0.15, 0.2) is 0 Å². The molecule has 98 valence electrons. The van der Waals surface area contributed by atoms with Gasteiger partial charge in [0.25, 0.3) is 0 Å². The van der Waals surface area contributed by atoms with Crippen molar-refractivity contribution < 1.29 is 5.11 Å². The van der Waals surface area contributed by atoms with Crippen LogP contribution in [0.15, 0.2) is 17.5 Å². The van der Waals surface area contributed by atoms with Crippen molar-refractivity contribution in [1.29, 1.82) is 0 Å². The maximum absolute atomic E-state index is 9.32. The van der Waals surface area contributed by atoms with Crippen LogP contribution in [0.25, 0.3) is 0 Å².